The summed E-state index contributed by atoms with van der Waals surface area (Å²) in [6.45, 7) is 8.98. The standard InChI is InChI=1S/C29H35Cl2N7O2/c1-18(27-22(30)15-35-16-23(27)31)40-20-5-6-24(33)21(12-20)28(34)19-4-7-25(36-14-19)37-8-10-38(11-9-37)26(39)13-29(2,3)17-32/h4-7,12,14-16,18,34H,8-11,13,17,32-33H2,1-3H3/t18-/m1/s1. The van der Waals surface area contributed by atoms with Gasteiger partial charge in [0.2, 0.25) is 5.91 Å². The van der Waals surface area contributed by atoms with E-state index in [1.165, 1.54) is 12.4 Å². The Hall–Kier alpha value is -3.40. The van der Waals surface area contributed by atoms with Crippen LogP contribution in [-0.4, -0.2) is 59.2 Å². The van der Waals surface area contributed by atoms with Crippen LogP contribution < -0.4 is 21.1 Å². The van der Waals surface area contributed by atoms with Crippen LogP contribution in [0.4, 0.5) is 11.5 Å². The van der Waals surface area contributed by atoms with E-state index < -0.39 is 6.10 Å². The summed E-state index contributed by atoms with van der Waals surface area (Å²) in [7, 11) is 0. The maximum absolute atomic E-state index is 12.7. The van der Waals surface area contributed by atoms with Crippen molar-refractivity contribution in [3.05, 3.63) is 75.7 Å². The maximum atomic E-state index is 12.7. The first-order chi connectivity index (χ1) is 19.0. The lowest BCUT2D eigenvalue weighted by atomic mass is 9.89. The minimum atomic E-state index is -0.447. The van der Waals surface area contributed by atoms with Gasteiger partial charge >= 0.3 is 0 Å². The van der Waals surface area contributed by atoms with Gasteiger partial charge in [-0.3, -0.25) is 15.2 Å². The van der Waals surface area contributed by atoms with Crippen LogP contribution in [0.2, 0.25) is 10.0 Å². The Kier molecular flexibility index (Phi) is 9.18. The largest absolute Gasteiger partial charge is 0.486 e. The van der Waals surface area contributed by atoms with E-state index in [9.17, 15) is 4.79 Å². The Balaban J connectivity index is 1.41. The topological polar surface area (TPSA) is 134 Å². The molecule has 1 aliphatic rings. The van der Waals surface area contributed by atoms with Crippen LogP contribution in [0, 0.1) is 10.8 Å². The van der Waals surface area contributed by atoms with Crippen molar-refractivity contribution in [2.24, 2.45) is 11.1 Å². The zero-order chi connectivity index (χ0) is 29.0. The van der Waals surface area contributed by atoms with E-state index in [0.717, 1.165) is 5.82 Å². The van der Waals surface area contributed by atoms with Crippen molar-refractivity contribution in [1.82, 2.24) is 14.9 Å². The Morgan fingerprint density at radius 1 is 1.10 bits per heavy atom. The monoisotopic (exact) mass is 583 g/mol. The molecule has 1 atom stereocenters. The van der Waals surface area contributed by atoms with Gasteiger partial charge in [0.15, 0.2) is 0 Å². The van der Waals surface area contributed by atoms with Gasteiger partial charge in [-0.05, 0) is 49.2 Å². The predicted octanol–water partition coefficient (Wildman–Crippen LogP) is 4.95. The summed E-state index contributed by atoms with van der Waals surface area (Å²) < 4.78 is 6.10. The zero-order valence-electron chi connectivity index (χ0n) is 23.0. The van der Waals surface area contributed by atoms with Crippen LogP contribution in [0.5, 0.6) is 5.75 Å². The minimum Gasteiger partial charge on any atom is -0.486 e. The fourth-order valence-corrected chi connectivity index (χ4v) is 5.22. The molecule has 1 aliphatic heterocycles. The van der Waals surface area contributed by atoms with E-state index in [1.807, 2.05) is 37.8 Å². The molecular weight excluding hydrogens is 549 g/mol. The number of anilines is 2. The fourth-order valence-electron chi connectivity index (χ4n) is 4.55. The molecule has 0 unspecified atom stereocenters. The number of ether oxygens (including phenoxy) is 1. The highest BCUT2D eigenvalue weighted by Crippen LogP contribution is 2.33. The van der Waals surface area contributed by atoms with E-state index in [2.05, 4.69) is 14.9 Å². The number of nitrogens with zero attached hydrogens (tertiary/aromatic N) is 4. The van der Waals surface area contributed by atoms with Crippen LogP contribution in [-0.2, 0) is 4.79 Å². The lowest BCUT2D eigenvalue weighted by Crippen LogP contribution is -2.50. The molecule has 1 saturated heterocycles. The maximum Gasteiger partial charge on any atom is 0.223 e. The van der Waals surface area contributed by atoms with Gasteiger partial charge < -0.3 is 26.0 Å². The molecule has 5 N–H and O–H groups in total. The summed E-state index contributed by atoms with van der Waals surface area (Å²) in [6.07, 6.45) is 4.71. The number of carbonyl (C=O) groups excluding carboxylic acids is 1. The van der Waals surface area contributed by atoms with Crippen molar-refractivity contribution in [2.75, 3.05) is 43.4 Å². The summed E-state index contributed by atoms with van der Waals surface area (Å²) in [5, 5.41) is 9.64. The van der Waals surface area contributed by atoms with Gasteiger partial charge in [-0.25, -0.2) is 4.98 Å². The Labute approximate surface area is 244 Å². The third kappa shape index (κ3) is 6.83. The first-order valence-corrected chi connectivity index (χ1v) is 13.9. The van der Waals surface area contributed by atoms with Crippen molar-refractivity contribution < 1.29 is 9.53 Å². The molecule has 2 aromatic heterocycles. The number of benzene rings is 1. The van der Waals surface area contributed by atoms with Crippen LogP contribution in [0.25, 0.3) is 0 Å². The molecule has 0 saturated carbocycles. The van der Waals surface area contributed by atoms with Crippen LogP contribution in [0.3, 0.4) is 0 Å². The predicted molar refractivity (Wildman–Crippen MR) is 161 cm³/mol. The summed E-state index contributed by atoms with van der Waals surface area (Å²) in [5.74, 6) is 1.46. The SMILES string of the molecule is C[C@@H](Oc1ccc(N)c(C(=N)c2ccc(N3CCN(C(=O)CC(C)(C)CN)CC3)nc2)c1)c1c(Cl)cncc1Cl. The summed E-state index contributed by atoms with van der Waals surface area (Å²) in [6, 6.07) is 8.93. The van der Waals surface area contributed by atoms with E-state index in [4.69, 9.17) is 44.8 Å². The molecule has 40 heavy (non-hydrogen) atoms. The molecule has 1 amide bonds. The first-order valence-electron chi connectivity index (χ1n) is 13.1. The Morgan fingerprint density at radius 3 is 2.38 bits per heavy atom. The number of piperazine rings is 1. The van der Waals surface area contributed by atoms with E-state index >= 15 is 0 Å². The molecular formula is C29H35Cl2N7O2. The second-order valence-electron chi connectivity index (χ2n) is 10.7. The molecule has 3 aromatic rings. The fraction of sp³-hybridized carbons (Fsp3) is 0.379. The lowest BCUT2D eigenvalue weighted by Gasteiger charge is -2.36. The number of nitrogens with two attached hydrogens (primary N) is 2. The second kappa shape index (κ2) is 12.4. The number of hydrogen-bond donors (Lipinski definition) is 3. The number of amides is 1. The Bertz CT molecular complexity index is 1350. The Morgan fingerprint density at radius 2 is 1.77 bits per heavy atom. The first kappa shape index (κ1) is 29.6. The number of rotatable bonds is 9. The van der Waals surface area contributed by atoms with Gasteiger partial charge in [0.25, 0.3) is 0 Å². The molecule has 11 heteroatoms. The number of carbonyl (C=O) groups is 1. The number of hydrogen-bond acceptors (Lipinski definition) is 8. The van der Waals surface area contributed by atoms with Gasteiger partial charge in [-0.2, -0.15) is 0 Å². The molecule has 1 aromatic carbocycles. The highest BCUT2D eigenvalue weighted by molar-refractivity contribution is 6.35. The second-order valence-corrected chi connectivity index (χ2v) is 11.5. The smallest absolute Gasteiger partial charge is 0.223 e. The average Bonchev–Trinajstić information content (AvgIpc) is 2.93. The summed E-state index contributed by atoms with van der Waals surface area (Å²) in [4.78, 5) is 25.3. The van der Waals surface area contributed by atoms with Gasteiger partial charge in [-0.15, -0.1) is 0 Å². The van der Waals surface area contributed by atoms with Crippen LogP contribution in [0.15, 0.2) is 48.9 Å². The third-order valence-electron chi connectivity index (χ3n) is 7.08. The van der Waals surface area contributed by atoms with Gasteiger partial charge in [0.1, 0.15) is 17.7 Å². The normalized spacial score (nSPS) is 14.7. The van der Waals surface area contributed by atoms with E-state index in [0.29, 0.717) is 77.3 Å². The highest BCUT2D eigenvalue weighted by Gasteiger charge is 2.27. The van der Waals surface area contributed by atoms with Crippen LogP contribution in [0.1, 0.15) is 50.0 Å². The number of nitrogens with one attached hydrogen (secondary N) is 1. The van der Waals surface area contributed by atoms with Gasteiger partial charge in [0, 0.05) is 73.6 Å². The summed E-state index contributed by atoms with van der Waals surface area (Å²) in [5.41, 5.74) is 14.3. The molecule has 0 spiro atoms. The van der Waals surface area contributed by atoms with Crippen molar-refractivity contribution >= 4 is 46.3 Å². The van der Waals surface area contributed by atoms with E-state index in [1.54, 1.807) is 24.4 Å². The zero-order valence-corrected chi connectivity index (χ0v) is 24.5. The molecule has 0 bridgehead atoms. The lowest BCUT2D eigenvalue weighted by molar-refractivity contribution is -0.133. The molecule has 0 aliphatic carbocycles. The average molecular weight is 585 g/mol. The molecule has 212 valence electrons. The number of aromatic nitrogens is 2. The molecule has 4 rings (SSSR count). The van der Waals surface area contributed by atoms with Crippen molar-refractivity contribution in [1.29, 1.82) is 5.41 Å². The molecule has 9 nitrogen and oxygen atoms in total. The number of nitrogen functional groups attached to an aromatic ring is 1. The van der Waals surface area contributed by atoms with E-state index in [-0.39, 0.29) is 17.0 Å². The third-order valence-corrected chi connectivity index (χ3v) is 7.68. The molecule has 1 fully saturated rings. The van der Waals surface area contributed by atoms with Crippen LogP contribution >= 0.6 is 23.2 Å². The van der Waals surface area contributed by atoms with Crippen molar-refractivity contribution in [2.45, 2.75) is 33.3 Å². The van der Waals surface area contributed by atoms with Gasteiger partial charge in [0.05, 0.1) is 15.8 Å². The quantitative estimate of drug-likeness (QED) is 0.239. The summed E-state index contributed by atoms with van der Waals surface area (Å²) >= 11 is 12.6. The molecule has 3 heterocycles. The van der Waals surface area contributed by atoms with Crippen molar-refractivity contribution in [3.63, 3.8) is 0 Å². The number of pyridine rings is 2. The van der Waals surface area contributed by atoms with Crippen molar-refractivity contribution in [3.8, 4) is 5.75 Å². The van der Waals surface area contributed by atoms with Gasteiger partial charge in [-0.1, -0.05) is 37.0 Å². The molecule has 0 radical (unpaired) electrons. The highest BCUT2D eigenvalue weighted by atomic mass is 35.5. The number of halogens is 2. The minimum absolute atomic E-state index is 0.136.